The highest BCUT2D eigenvalue weighted by atomic mass is 32.1. The van der Waals surface area contributed by atoms with Crippen molar-refractivity contribution >= 4 is 43.0 Å². The summed E-state index contributed by atoms with van der Waals surface area (Å²) in [5, 5.41) is 15.2. The van der Waals surface area contributed by atoms with Crippen LogP contribution in [-0.2, 0) is 0 Å². The number of aromatic nitrogens is 3. The highest BCUT2D eigenvalue weighted by Crippen LogP contribution is 2.44. The molecule has 0 radical (unpaired) electrons. The van der Waals surface area contributed by atoms with Gasteiger partial charge in [-0.05, 0) is 79.5 Å². The summed E-state index contributed by atoms with van der Waals surface area (Å²) in [5.74, 6) is 1.94. The van der Waals surface area contributed by atoms with Gasteiger partial charge in [0.1, 0.15) is 0 Å². The summed E-state index contributed by atoms with van der Waals surface area (Å²) in [6.07, 6.45) is 0. The average Bonchev–Trinajstić information content (AvgIpc) is 3.62. The highest BCUT2D eigenvalue weighted by molar-refractivity contribution is 7.22. The van der Waals surface area contributed by atoms with Gasteiger partial charge in [0.05, 0.1) is 16.5 Å². The van der Waals surface area contributed by atoms with Crippen molar-refractivity contribution in [1.82, 2.24) is 15.0 Å². The predicted molar refractivity (Wildman–Crippen MR) is 202 cm³/mol. The number of rotatable bonds is 5. The van der Waals surface area contributed by atoms with Crippen molar-refractivity contribution in [3.63, 3.8) is 0 Å². The lowest BCUT2D eigenvalue weighted by Gasteiger charge is -2.18. The van der Waals surface area contributed by atoms with Crippen molar-refractivity contribution in [3.05, 3.63) is 163 Å². The van der Waals surface area contributed by atoms with E-state index < -0.39 is 0 Å². The summed E-state index contributed by atoms with van der Waals surface area (Å²) in [6, 6.07) is 56.5. The molecule has 4 nitrogen and oxygen atoms in total. The topological polar surface area (TPSA) is 62.5 Å². The Bertz CT molecular complexity index is 2630. The van der Waals surface area contributed by atoms with Crippen LogP contribution in [0.1, 0.15) is 5.56 Å². The zero-order valence-corrected chi connectivity index (χ0v) is 27.0. The molecule has 0 aliphatic rings. The minimum absolute atomic E-state index is 0.631. The van der Waals surface area contributed by atoms with Gasteiger partial charge in [-0.1, -0.05) is 127 Å². The van der Waals surface area contributed by atoms with Crippen molar-refractivity contribution in [2.24, 2.45) is 0 Å². The van der Waals surface area contributed by atoms with Crippen molar-refractivity contribution in [1.29, 1.82) is 5.26 Å². The number of nitrogens with zero attached hydrogens (tertiary/aromatic N) is 4. The second-order valence-electron chi connectivity index (χ2n) is 11.9. The summed E-state index contributed by atoms with van der Waals surface area (Å²) >= 11 is 1.69. The molecule has 2 heterocycles. The zero-order chi connectivity index (χ0) is 32.7. The highest BCUT2D eigenvalue weighted by Gasteiger charge is 2.19. The Hall–Kier alpha value is -6.48. The number of benzene rings is 7. The molecule has 0 aliphatic heterocycles. The third-order valence-electron chi connectivity index (χ3n) is 8.96. The minimum Gasteiger partial charge on any atom is -0.208 e. The van der Waals surface area contributed by atoms with E-state index in [2.05, 4.69) is 109 Å². The van der Waals surface area contributed by atoms with Crippen LogP contribution in [0.4, 0.5) is 0 Å². The van der Waals surface area contributed by atoms with E-state index >= 15 is 0 Å². The van der Waals surface area contributed by atoms with Gasteiger partial charge < -0.3 is 0 Å². The van der Waals surface area contributed by atoms with E-state index in [0.29, 0.717) is 23.0 Å². The predicted octanol–water partition coefficient (Wildman–Crippen LogP) is 11.6. The lowest BCUT2D eigenvalue weighted by atomic mass is 9.85. The average molecular weight is 643 g/mol. The maximum Gasteiger partial charge on any atom is 0.174 e. The second-order valence-corrected chi connectivity index (χ2v) is 13.0. The number of hydrogen-bond donors (Lipinski definition) is 0. The summed E-state index contributed by atoms with van der Waals surface area (Å²) in [7, 11) is 0. The summed E-state index contributed by atoms with van der Waals surface area (Å²) in [6.45, 7) is 0. The molecule has 0 N–H and O–H groups in total. The molecule has 2 aromatic heterocycles. The molecule has 0 saturated heterocycles. The summed E-state index contributed by atoms with van der Waals surface area (Å²) < 4.78 is 1.20. The molecule has 9 rings (SSSR count). The smallest absolute Gasteiger partial charge is 0.174 e. The van der Waals surface area contributed by atoms with Crippen LogP contribution in [0.5, 0.6) is 0 Å². The van der Waals surface area contributed by atoms with E-state index in [1.54, 1.807) is 11.3 Å². The van der Waals surface area contributed by atoms with E-state index in [1.807, 2.05) is 54.6 Å². The van der Waals surface area contributed by atoms with Gasteiger partial charge in [-0.3, -0.25) is 0 Å². The Morgan fingerprint density at radius 2 is 0.959 bits per heavy atom. The van der Waals surface area contributed by atoms with Crippen LogP contribution >= 0.6 is 11.3 Å². The van der Waals surface area contributed by atoms with Gasteiger partial charge in [0, 0.05) is 15.8 Å². The van der Waals surface area contributed by atoms with Gasteiger partial charge in [-0.15, -0.1) is 11.3 Å². The standard InChI is InChI=1S/C44H26N4S/c45-27-28-21-23-29(24-22-28)40-34-16-5-7-18-36(34)41(37-19-8-6-17-35(37)40)32-14-10-15-33(25-32)43-46-42(30-11-2-1-3-12-30)47-44(48-43)39-26-31-13-4-9-20-38(31)49-39/h1-26H. The van der Waals surface area contributed by atoms with Crippen LogP contribution in [0.25, 0.3) is 87.4 Å². The number of hydrogen-bond acceptors (Lipinski definition) is 5. The molecular formula is C44H26N4S. The Morgan fingerprint density at radius 3 is 1.61 bits per heavy atom. The second kappa shape index (κ2) is 12.0. The molecule has 0 amide bonds. The molecule has 0 bridgehead atoms. The largest absolute Gasteiger partial charge is 0.208 e. The molecule has 0 aliphatic carbocycles. The quantitative estimate of drug-likeness (QED) is 0.175. The minimum atomic E-state index is 0.631. The molecule has 9 aromatic rings. The first-order valence-corrected chi connectivity index (χ1v) is 16.9. The Labute approximate surface area is 287 Å². The first-order valence-electron chi connectivity index (χ1n) is 16.1. The Balaban J connectivity index is 1.25. The third-order valence-corrected chi connectivity index (χ3v) is 10.1. The van der Waals surface area contributed by atoms with Crippen molar-refractivity contribution in [2.45, 2.75) is 0 Å². The Kier molecular flexibility index (Phi) is 7.01. The van der Waals surface area contributed by atoms with E-state index in [-0.39, 0.29) is 0 Å². The van der Waals surface area contributed by atoms with Gasteiger partial charge in [0.2, 0.25) is 0 Å². The van der Waals surface area contributed by atoms with Gasteiger partial charge in [0.15, 0.2) is 17.5 Å². The number of nitriles is 1. The lowest BCUT2D eigenvalue weighted by molar-refractivity contribution is 1.08. The van der Waals surface area contributed by atoms with Crippen LogP contribution in [0.15, 0.2) is 158 Å². The van der Waals surface area contributed by atoms with Crippen molar-refractivity contribution < 1.29 is 0 Å². The molecule has 228 valence electrons. The van der Waals surface area contributed by atoms with E-state index in [1.165, 1.54) is 10.1 Å². The summed E-state index contributed by atoms with van der Waals surface area (Å²) in [4.78, 5) is 16.1. The van der Waals surface area contributed by atoms with Crippen LogP contribution in [0, 0.1) is 11.3 Å². The zero-order valence-electron chi connectivity index (χ0n) is 26.2. The lowest BCUT2D eigenvalue weighted by Crippen LogP contribution is -1.99. The first-order chi connectivity index (χ1) is 24.2. The molecule has 7 aromatic carbocycles. The number of fused-ring (bicyclic) bond motifs is 3. The van der Waals surface area contributed by atoms with Gasteiger partial charge in [-0.25, -0.2) is 15.0 Å². The first kappa shape index (κ1) is 28.7. The van der Waals surface area contributed by atoms with Crippen LogP contribution in [0.2, 0.25) is 0 Å². The molecule has 0 atom stereocenters. The molecule has 49 heavy (non-hydrogen) atoms. The van der Waals surface area contributed by atoms with E-state index in [4.69, 9.17) is 15.0 Å². The fourth-order valence-corrected chi connectivity index (χ4v) is 7.70. The van der Waals surface area contributed by atoms with Gasteiger partial charge in [0.25, 0.3) is 0 Å². The number of thiophene rings is 1. The molecule has 5 heteroatoms. The van der Waals surface area contributed by atoms with Crippen molar-refractivity contribution in [2.75, 3.05) is 0 Å². The third kappa shape index (κ3) is 5.12. The SMILES string of the molecule is N#Cc1ccc(-c2c3ccccc3c(-c3cccc(-c4nc(-c5ccccc5)nc(-c5cc6ccccc6s5)n4)c3)c3ccccc23)cc1. The molecule has 0 saturated carbocycles. The van der Waals surface area contributed by atoms with Gasteiger partial charge in [-0.2, -0.15) is 5.26 Å². The maximum absolute atomic E-state index is 9.42. The van der Waals surface area contributed by atoms with Crippen LogP contribution in [-0.4, -0.2) is 15.0 Å². The monoisotopic (exact) mass is 642 g/mol. The molecular weight excluding hydrogens is 617 g/mol. The Morgan fingerprint density at radius 1 is 0.429 bits per heavy atom. The van der Waals surface area contributed by atoms with Crippen LogP contribution in [0.3, 0.4) is 0 Å². The normalized spacial score (nSPS) is 11.2. The van der Waals surface area contributed by atoms with E-state index in [9.17, 15) is 5.26 Å². The maximum atomic E-state index is 9.42. The van der Waals surface area contributed by atoms with Crippen LogP contribution < -0.4 is 0 Å². The van der Waals surface area contributed by atoms with Crippen molar-refractivity contribution in [3.8, 4) is 61.8 Å². The van der Waals surface area contributed by atoms with E-state index in [0.717, 1.165) is 59.8 Å². The fourth-order valence-electron chi connectivity index (χ4n) is 6.70. The summed E-state index contributed by atoms with van der Waals surface area (Å²) in [5.41, 5.74) is 7.00. The molecule has 0 unspecified atom stereocenters. The molecule has 0 fully saturated rings. The fraction of sp³-hybridized carbons (Fsp3) is 0. The molecule has 0 spiro atoms. The van der Waals surface area contributed by atoms with Gasteiger partial charge >= 0.3 is 0 Å².